The van der Waals surface area contributed by atoms with Gasteiger partial charge in [-0.3, -0.25) is 0 Å². The molecule has 1 aliphatic carbocycles. The van der Waals surface area contributed by atoms with Gasteiger partial charge >= 0.3 is 5.97 Å². The van der Waals surface area contributed by atoms with Gasteiger partial charge in [0.1, 0.15) is 0 Å². The van der Waals surface area contributed by atoms with E-state index in [1.807, 2.05) is 0 Å². The zero-order valence-electron chi connectivity index (χ0n) is 10.7. The Labute approximate surface area is 103 Å². The molecule has 1 aliphatic rings. The summed E-state index contributed by atoms with van der Waals surface area (Å²) in [6.45, 7) is 3.77. The zero-order valence-corrected chi connectivity index (χ0v) is 10.7. The van der Waals surface area contributed by atoms with E-state index in [-0.39, 0.29) is 13.2 Å². The molecule has 100 valence electrons. The van der Waals surface area contributed by atoms with Crippen LogP contribution in [0.25, 0.3) is 0 Å². The smallest absolute Gasteiger partial charge is 0.330 e. The molecule has 3 N–H and O–H groups in total. The fourth-order valence-corrected chi connectivity index (χ4v) is 1.89. The maximum Gasteiger partial charge on any atom is 0.330 e. The molecular formula is C13H24O4. The molecule has 1 saturated carbocycles. The van der Waals surface area contributed by atoms with Crippen LogP contribution in [0.3, 0.4) is 0 Å². The summed E-state index contributed by atoms with van der Waals surface area (Å²) >= 11 is 0. The van der Waals surface area contributed by atoms with Gasteiger partial charge in [-0.1, -0.05) is 18.9 Å². The predicted octanol–water partition coefficient (Wildman–Crippen LogP) is 1.81. The van der Waals surface area contributed by atoms with Crippen molar-refractivity contribution in [3.63, 3.8) is 0 Å². The monoisotopic (exact) mass is 244 g/mol. The van der Waals surface area contributed by atoms with Gasteiger partial charge in [-0.05, 0) is 38.5 Å². The van der Waals surface area contributed by atoms with Gasteiger partial charge in [0, 0.05) is 18.8 Å². The lowest BCUT2D eigenvalue weighted by Crippen LogP contribution is -2.25. The highest BCUT2D eigenvalue weighted by molar-refractivity contribution is 5.85. The summed E-state index contributed by atoms with van der Waals surface area (Å²) in [6, 6.07) is 0. The summed E-state index contributed by atoms with van der Waals surface area (Å²) in [4.78, 5) is 9.86. The van der Waals surface area contributed by atoms with Crippen LogP contribution in [0, 0.1) is 11.8 Å². The van der Waals surface area contributed by atoms with Gasteiger partial charge in [-0.25, -0.2) is 4.79 Å². The van der Waals surface area contributed by atoms with Crippen molar-refractivity contribution in [3.05, 3.63) is 11.6 Å². The summed E-state index contributed by atoms with van der Waals surface area (Å²) in [6.07, 6.45) is 6.20. The average molecular weight is 244 g/mol. The van der Waals surface area contributed by atoms with Gasteiger partial charge in [-0.15, -0.1) is 0 Å². The molecule has 1 fully saturated rings. The van der Waals surface area contributed by atoms with Crippen molar-refractivity contribution in [3.8, 4) is 0 Å². The Balaban J connectivity index is 0.000000325. The molecule has 2 unspecified atom stereocenters. The minimum absolute atomic E-state index is 0.255. The van der Waals surface area contributed by atoms with Crippen molar-refractivity contribution in [2.75, 3.05) is 13.2 Å². The largest absolute Gasteiger partial charge is 0.478 e. The molecule has 0 heterocycles. The number of hydrogen-bond acceptors (Lipinski definition) is 3. The molecule has 4 nitrogen and oxygen atoms in total. The number of aliphatic hydroxyl groups is 2. The van der Waals surface area contributed by atoms with E-state index in [0.717, 1.165) is 12.8 Å². The van der Waals surface area contributed by atoms with Gasteiger partial charge < -0.3 is 15.3 Å². The van der Waals surface area contributed by atoms with E-state index in [2.05, 4.69) is 0 Å². The summed E-state index contributed by atoms with van der Waals surface area (Å²) in [7, 11) is 0. The number of carbonyl (C=O) groups is 1. The highest BCUT2D eigenvalue weighted by Gasteiger charge is 2.23. The van der Waals surface area contributed by atoms with Crippen LogP contribution < -0.4 is 0 Å². The number of carboxylic acid groups (broad SMARTS) is 1. The van der Waals surface area contributed by atoms with Crippen molar-refractivity contribution in [2.45, 2.75) is 39.5 Å². The third-order valence-electron chi connectivity index (χ3n) is 3.31. The van der Waals surface area contributed by atoms with Crippen LogP contribution in [0.1, 0.15) is 39.5 Å². The molecule has 4 heteroatoms. The number of carboxylic acids is 1. The van der Waals surface area contributed by atoms with E-state index in [1.165, 1.54) is 12.8 Å². The van der Waals surface area contributed by atoms with E-state index in [1.54, 1.807) is 19.9 Å². The van der Waals surface area contributed by atoms with Crippen molar-refractivity contribution >= 4 is 5.97 Å². The Morgan fingerprint density at radius 2 is 1.59 bits per heavy atom. The van der Waals surface area contributed by atoms with Crippen molar-refractivity contribution in [1.82, 2.24) is 0 Å². The summed E-state index contributed by atoms with van der Waals surface area (Å²) in [5.74, 6) is -0.0972. The minimum atomic E-state index is -0.845. The van der Waals surface area contributed by atoms with Crippen LogP contribution in [0.5, 0.6) is 0 Å². The predicted molar refractivity (Wildman–Crippen MR) is 66.7 cm³/mol. The summed E-state index contributed by atoms with van der Waals surface area (Å²) in [5.41, 5.74) is 0.389. The first-order valence-electron chi connectivity index (χ1n) is 6.14. The van der Waals surface area contributed by atoms with Crippen LogP contribution >= 0.6 is 0 Å². The Morgan fingerprint density at radius 1 is 1.18 bits per heavy atom. The second kappa shape index (κ2) is 9.19. The fraction of sp³-hybridized carbons (Fsp3) is 0.769. The maximum atomic E-state index is 9.86. The molecular weight excluding hydrogens is 220 g/mol. The molecule has 0 aromatic heterocycles. The number of rotatable bonds is 3. The lowest BCUT2D eigenvalue weighted by molar-refractivity contribution is -0.132. The number of aliphatic hydroxyl groups excluding tert-OH is 2. The second-order valence-corrected chi connectivity index (χ2v) is 4.45. The molecule has 0 aromatic rings. The van der Waals surface area contributed by atoms with Crippen molar-refractivity contribution in [1.29, 1.82) is 0 Å². The lowest BCUT2D eigenvalue weighted by atomic mass is 9.80. The van der Waals surface area contributed by atoms with Gasteiger partial charge in [0.2, 0.25) is 0 Å². The highest BCUT2D eigenvalue weighted by atomic mass is 16.4. The molecule has 1 rings (SSSR count). The summed E-state index contributed by atoms with van der Waals surface area (Å²) in [5, 5.41) is 25.9. The average Bonchev–Trinajstić information content (AvgIpc) is 2.38. The Kier molecular flexibility index (Phi) is 8.72. The molecule has 0 aliphatic heterocycles. The number of allylic oxidation sites excluding steroid dienone is 1. The first-order chi connectivity index (χ1) is 8.06. The normalized spacial score (nSPS) is 24.8. The second-order valence-electron chi connectivity index (χ2n) is 4.45. The Hall–Kier alpha value is -0.870. The van der Waals surface area contributed by atoms with Gasteiger partial charge in [0.25, 0.3) is 0 Å². The first kappa shape index (κ1) is 16.1. The number of aliphatic carboxylic acids is 1. The molecule has 2 atom stereocenters. The zero-order chi connectivity index (χ0) is 13.3. The Morgan fingerprint density at radius 3 is 1.76 bits per heavy atom. The molecule has 0 amide bonds. The van der Waals surface area contributed by atoms with Crippen LogP contribution in [0.2, 0.25) is 0 Å². The molecule has 0 radical (unpaired) electrons. The molecule has 0 saturated heterocycles. The maximum absolute atomic E-state index is 9.86. The topological polar surface area (TPSA) is 77.8 Å². The standard InChI is InChI=1S/C8H16O2.C5H8O2/c9-5-7-3-1-2-4-8(7)6-10;1-3-4(2)5(6)7/h7-10H,1-6H2;3H,1-2H3,(H,6,7). The molecule has 0 bridgehead atoms. The summed E-state index contributed by atoms with van der Waals surface area (Å²) < 4.78 is 0. The van der Waals surface area contributed by atoms with Crippen molar-refractivity contribution in [2.24, 2.45) is 11.8 Å². The minimum Gasteiger partial charge on any atom is -0.478 e. The van der Waals surface area contributed by atoms with Gasteiger partial charge in [0.15, 0.2) is 0 Å². The van der Waals surface area contributed by atoms with Gasteiger partial charge in [0.05, 0.1) is 0 Å². The molecule has 0 spiro atoms. The lowest BCUT2D eigenvalue weighted by Gasteiger charge is -2.28. The van der Waals surface area contributed by atoms with Gasteiger partial charge in [-0.2, -0.15) is 0 Å². The molecule has 0 aromatic carbocycles. The third-order valence-corrected chi connectivity index (χ3v) is 3.31. The van der Waals surface area contributed by atoms with E-state index in [0.29, 0.717) is 17.4 Å². The van der Waals surface area contributed by atoms with Crippen LogP contribution in [0.4, 0.5) is 0 Å². The molecule has 17 heavy (non-hydrogen) atoms. The van der Waals surface area contributed by atoms with E-state index >= 15 is 0 Å². The SMILES string of the molecule is CC=C(C)C(=O)O.OCC1CCCCC1CO. The fourth-order valence-electron chi connectivity index (χ4n) is 1.89. The van der Waals surface area contributed by atoms with E-state index < -0.39 is 5.97 Å². The van der Waals surface area contributed by atoms with Crippen LogP contribution in [-0.2, 0) is 4.79 Å². The van der Waals surface area contributed by atoms with Crippen molar-refractivity contribution < 1.29 is 20.1 Å². The Bertz CT molecular complexity index is 236. The van der Waals surface area contributed by atoms with Crippen LogP contribution in [-0.4, -0.2) is 34.5 Å². The third kappa shape index (κ3) is 6.44. The van der Waals surface area contributed by atoms with Crippen LogP contribution in [0.15, 0.2) is 11.6 Å². The first-order valence-corrected chi connectivity index (χ1v) is 6.14. The van der Waals surface area contributed by atoms with E-state index in [4.69, 9.17) is 15.3 Å². The number of hydrogen-bond donors (Lipinski definition) is 3. The van der Waals surface area contributed by atoms with E-state index in [9.17, 15) is 4.79 Å². The highest BCUT2D eigenvalue weighted by Crippen LogP contribution is 2.28. The quantitative estimate of drug-likeness (QED) is 0.662.